The van der Waals surface area contributed by atoms with E-state index in [1.165, 1.54) is 0 Å². The van der Waals surface area contributed by atoms with Crippen LogP contribution in [-0.4, -0.2) is 29.6 Å². The quantitative estimate of drug-likeness (QED) is 0.421. The molecule has 30 heavy (non-hydrogen) atoms. The van der Waals surface area contributed by atoms with Crippen LogP contribution in [0.5, 0.6) is 11.5 Å². The fourth-order valence-electron chi connectivity index (χ4n) is 2.53. The standard InChI is InChI=1S/C21H24BrN3O4S/c1-12(2)29-18-6-5-15(10-17(18)22)20(27)23-21(30)25-24-19(26)11-28-16-8-13(3)7-14(4)9-16/h5-10,12H,11H2,1-4H3,(H,24,26)(H2,23,25,27,30). The lowest BCUT2D eigenvalue weighted by Gasteiger charge is -2.13. The van der Waals surface area contributed by atoms with Crippen molar-refractivity contribution in [3.63, 3.8) is 0 Å². The molecule has 0 saturated heterocycles. The highest BCUT2D eigenvalue weighted by Gasteiger charge is 2.12. The first-order valence-corrected chi connectivity index (χ1v) is 10.4. The molecule has 2 aromatic carbocycles. The van der Waals surface area contributed by atoms with Gasteiger partial charge in [-0.3, -0.25) is 25.8 Å². The lowest BCUT2D eigenvalue weighted by Crippen LogP contribution is -2.49. The van der Waals surface area contributed by atoms with Crippen molar-refractivity contribution in [2.45, 2.75) is 33.8 Å². The first-order chi connectivity index (χ1) is 14.1. The smallest absolute Gasteiger partial charge is 0.276 e. The van der Waals surface area contributed by atoms with Gasteiger partial charge in [0.2, 0.25) is 0 Å². The van der Waals surface area contributed by atoms with Gasteiger partial charge in [-0.25, -0.2) is 0 Å². The Hall–Kier alpha value is -2.65. The van der Waals surface area contributed by atoms with Crippen molar-refractivity contribution in [1.29, 1.82) is 0 Å². The van der Waals surface area contributed by atoms with E-state index in [1.54, 1.807) is 18.2 Å². The summed E-state index contributed by atoms with van der Waals surface area (Å²) in [6, 6.07) is 10.6. The Bertz CT molecular complexity index is 930. The number of ether oxygens (including phenoxy) is 2. The van der Waals surface area contributed by atoms with E-state index in [-0.39, 0.29) is 17.8 Å². The molecule has 0 aliphatic carbocycles. The summed E-state index contributed by atoms with van der Waals surface area (Å²) >= 11 is 8.42. The molecule has 9 heteroatoms. The molecule has 0 aromatic heterocycles. The van der Waals surface area contributed by atoms with E-state index in [9.17, 15) is 9.59 Å². The third-order valence-electron chi connectivity index (χ3n) is 3.66. The molecule has 0 aliphatic heterocycles. The van der Waals surface area contributed by atoms with Crippen LogP contribution in [0.15, 0.2) is 40.9 Å². The second-order valence-electron chi connectivity index (χ2n) is 6.88. The summed E-state index contributed by atoms with van der Waals surface area (Å²) in [4.78, 5) is 24.2. The minimum absolute atomic E-state index is 0.0142. The number of halogens is 1. The van der Waals surface area contributed by atoms with E-state index in [1.807, 2.05) is 45.9 Å². The fourth-order valence-corrected chi connectivity index (χ4v) is 3.14. The number of nitrogens with one attached hydrogen (secondary N) is 3. The van der Waals surface area contributed by atoms with Crippen molar-refractivity contribution >= 4 is 45.1 Å². The average Bonchev–Trinajstić information content (AvgIpc) is 2.65. The molecule has 2 rings (SSSR count). The summed E-state index contributed by atoms with van der Waals surface area (Å²) in [5, 5.41) is 2.45. The number of carbonyl (C=O) groups is 2. The molecular weight excluding hydrogens is 470 g/mol. The topological polar surface area (TPSA) is 88.7 Å². The average molecular weight is 494 g/mol. The van der Waals surface area contributed by atoms with Crippen molar-refractivity contribution in [2.75, 3.05) is 6.61 Å². The fraction of sp³-hybridized carbons (Fsp3) is 0.286. The highest BCUT2D eigenvalue weighted by molar-refractivity contribution is 9.10. The zero-order chi connectivity index (χ0) is 22.3. The molecule has 0 unspecified atom stereocenters. The van der Waals surface area contributed by atoms with E-state index in [4.69, 9.17) is 21.7 Å². The molecule has 160 valence electrons. The zero-order valence-corrected chi connectivity index (χ0v) is 19.6. The van der Waals surface area contributed by atoms with Gasteiger partial charge >= 0.3 is 0 Å². The molecule has 2 aromatic rings. The summed E-state index contributed by atoms with van der Waals surface area (Å²) in [5.74, 6) is 0.376. The van der Waals surface area contributed by atoms with Gasteiger partial charge in [0, 0.05) is 5.56 Å². The maximum Gasteiger partial charge on any atom is 0.276 e. The van der Waals surface area contributed by atoms with Gasteiger partial charge in [0.15, 0.2) is 11.7 Å². The van der Waals surface area contributed by atoms with Gasteiger partial charge in [0.05, 0.1) is 10.6 Å². The van der Waals surface area contributed by atoms with Crippen molar-refractivity contribution in [1.82, 2.24) is 16.2 Å². The summed E-state index contributed by atoms with van der Waals surface area (Å²) in [6.07, 6.45) is 0.0142. The van der Waals surface area contributed by atoms with Crippen LogP contribution < -0.4 is 25.6 Å². The first kappa shape index (κ1) is 23.6. The second-order valence-corrected chi connectivity index (χ2v) is 8.14. The Kier molecular flexibility index (Phi) is 8.61. The summed E-state index contributed by atoms with van der Waals surface area (Å²) in [5.41, 5.74) is 7.33. The van der Waals surface area contributed by atoms with Crippen LogP contribution >= 0.6 is 28.1 Å². The van der Waals surface area contributed by atoms with Gasteiger partial charge in [-0.15, -0.1) is 0 Å². The lowest BCUT2D eigenvalue weighted by molar-refractivity contribution is -0.123. The predicted molar refractivity (Wildman–Crippen MR) is 123 cm³/mol. The Labute approximate surface area is 189 Å². The number of thiocarbonyl (C=S) groups is 1. The monoisotopic (exact) mass is 493 g/mol. The SMILES string of the molecule is Cc1cc(C)cc(OCC(=O)NNC(=S)NC(=O)c2ccc(OC(C)C)c(Br)c2)c1. The molecule has 0 bridgehead atoms. The summed E-state index contributed by atoms with van der Waals surface area (Å²) in [6.45, 7) is 7.53. The van der Waals surface area contributed by atoms with E-state index in [0.717, 1.165) is 11.1 Å². The van der Waals surface area contributed by atoms with Crippen molar-refractivity contribution in [2.24, 2.45) is 0 Å². The number of hydrogen-bond acceptors (Lipinski definition) is 5. The second kappa shape index (κ2) is 10.9. The van der Waals surface area contributed by atoms with E-state index in [2.05, 4.69) is 32.1 Å². The van der Waals surface area contributed by atoms with Gasteiger partial charge < -0.3 is 9.47 Å². The molecule has 0 saturated carbocycles. The third-order valence-corrected chi connectivity index (χ3v) is 4.49. The van der Waals surface area contributed by atoms with E-state index < -0.39 is 11.8 Å². The van der Waals surface area contributed by atoms with Crippen LogP contribution in [0.1, 0.15) is 35.3 Å². The van der Waals surface area contributed by atoms with Crippen LogP contribution in [0.25, 0.3) is 0 Å². The number of hydrogen-bond donors (Lipinski definition) is 3. The maximum absolute atomic E-state index is 12.3. The third kappa shape index (κ3) is 7.64. The van der Waals surface area contributed by atoms with E-state index in [0.29, 0.717) is 21.5 Å². The van der Waals surface area contributed by atoms with Crippen molar-refractivity contribution in [3.05, 3.63) is 57.6 Å². The molecule has 3 N–H and O–H groups in total. The number of amides is 2. The van der Waals surface area contributed by atoms with Crippen LogP contribution in [0.4, 0.5) is 0 Å². The number of hydrazine groups is 1. The van der Waals surface area contributed by atoms with Crippen LogP contribution in [-0.2, 0) is 4.79 Å². The Morgan fingerprint density at radius 3 is 2.33 bits per heavy atom. The molecule has 7 nitrogen and oxygen atoms in total. The summed E-state index contributed by atoms with van der Waals surface area (Å²) < 4.78 is 11.7. The molecule has 0 heterocycles. The molecule has 0 fully saturated rings. The van der Waals surface area contributed by atoms with Crippen LogP contribution in [0.2, 0.25) is 0 Å². The molecule has 2 amide bonds. The van der Waals surface area contributed by atoms with Gasteiger partial charge in [0.1, 0.15) is 11.5 Å². The minimum Gasteiger partial charge on any atom is -0.490 e. The molecular formula is C21H24BrN3O4S. The highest BCUT2D eigenvalue weighted by atomic mass is 79.9. The van der Waals surface area contributed by atoms with Gasteiger partial charge in [-0.05, 0) is 97.3 Å². The number of aryl methyl sites for hydroxylation is 2. The largest absolute Gasteiger partial charge is 0.490 e. The maximum atomic E-state index is 12.3. The number of carbonyl (C=O) groups excluding carboxylic acids is 2. The van der Waals surface area contributed by atoms with Crippen LogP contribution in [0, 0.1) is 13.8 Å². The molecule has 0 spiro atoms. The van der Waals surface area contributed by atoms with Crippen molar-refractivity contribution in [3.8, 4) is 11.5 Å². The normalized spacial score (nSPS) is 10.3. The Morgan fingerprint density at radius 1 is 1.07 bits per heavy atom. The number of rotatable bonds is 6. The number of benzene rings is 2. The summed E-state index contributed by atoms with van der Waals surface area (Å²) in [7, 11) is 0. The lowest BCUT2D eigenvalue weighted by atomic mass is 10.1. The predicted octanol–water partition coefficient (Wildman–Crippen LogP) is 3.57. The first-order valence-electron chi connectivity index (χ1n) is 9.21. The van der Waals surface area contributed by atoms with Crippen molar-refractivity contribution < 1.29 is 19.1 Å². The zero-order valence-electron chi connectivity index (χ0n) is 17.2. The Balaban J connectivity index is 1.80. The molecule has 0 aliphatic rings. The van der Waals surface area contributed by atoms with Gasteiger partial charge in [-0.1, -0.05) is 6.07 Å². The van der Waals surface area contributed by atoms with Gasteiger partial charge in [0.25, 0.3) is 11.8 Å². The molecule has 0 radical (unpaired) electrons. The minimum atomic E-state index is -0.441. The molecule has 0 atom stereocenters. The Morgan fingerprint density at radius 2 is 1.73 bits per heavy atom. The van der Waals surface area contributed by atoms with E-state index >= 15 is 0 Å². The van der Waals surface area contributed by atoms with Crippen LogP contribution in [0.3, 0.4) is 0 Å². The van der Waals surface area contributed by atoms with Gasteiger partial charge in [-0.2, -0.15) is 0 Å². The highest BCUT2D eigenvalue weighted by Crippen LogP contribution is 2.26.